The highest BCUT2D eigenvalue weighted by molar-refractivity contribution is 6.42. The molecular formula is C12H16Cl2N2O2. The number of ether oxygens (including phenoxy) is 1. The fourth-order valence-electron chi connectivity index (χ4n) is 1.55. The Hall–Kier alpha value is -0.810. The Bertz CT molecular complexity index is 423. The Balaban J connectivity index is 2.78. The molecule has 0 aliphatic heterocycles. The summed E-state index contributed by atoms with van der Waals surface area (Å²) in [5, 5.41) is 0.928. The molecule has 0 fully saturated rings. The van der Waals surface area contributed by atoms with Crippen LogP contribution in [0.25, 0.3) is 0 Å². The molecule has 0 bridgehead atoms. The summed E-state index contributed by atoms with van der Waals surface area (Å²) < 4.78 is 5.00. The van der Waals surface area contributed by atoms with Gasteiger partial charge in [0.2, 0.25) is 0 Å². The second-order valence-corrected chi connectivity index (χ2v) is 4.65. The van der Waals surface area contributed by atoms with Gasteiger partial charge in [0.1, 0.15) is 6.10 Å². The van der Waals surface area contributed by atoms with Crippen molar-refractivity contribution in [3.63, 3.8) is 0 Å². The largest absolute Gasteiger partial charge is 0.370 e. The van der Waals surface area contributed by atoms with Crippen LogP contribution >= 0.6 is 23.2 Å². The number of methoxy groups -OCH3 is 1. The fraction of sp³-hybridized carbons (Fsp3) is 0.417. The van der Waals surface area contributed by atoms with Crippen LogP contribution in [0.1, 0.15) is 5.56 Å². The lowest BCUT2D eigenvalue weighted by Crippen LogP contribution is -2.41. The summed E-state index contributed by atoms with van der Waals surface area (Å²) in [6, 6.07) is 5.31. The zero-order valence-corrected chi connectivity index (χ0v) is 11.8. The van der Waals surface area contributed by atoms with Crippen molar-refractivity contribution in [2.24, 2.45) is 5.73 Å². The van der Waals surface area contributed by atoms with Gasteiger partial charge in [-0.05, 0) is 11.6 Å². The molecule has 18 heavy (non-hydrogen) atoms. The molecule has 1 aromatic carbocycles. The summed E-state index contributed by atoms with van der Waals surface area (Å²) in [6.45, 7) is 0.501. The van der Waals surface area contributed by atoms with E-state index in [-0.39, 0.29) is 12.5 Å². The third-order valence-corrected chi connectivity index (χ3v) is 3.45. The number of hydrogen-bond acceptors (Lipinski definition) is 3. The second kappa shape index (κ2) is 6.95. The summed E-state index contributed by atoms with van der Waals surface area (Å²) in [5.74, 6) is -0.184. The average molecular weight is 291 g/mol. The van der Waals surface area contributed by atoms with Gasteiger partial charge in [-0.3, -0.25) is 4.79 Å². The van der Waals surface area contributed by atoms with Crippen LogP contribution in [0.5, 0.6) is 0 Å². The van der Waals surface area contributed by atoms with E-state index >= 15 is 0 Å². The molecular weight excluding hydrogens is 275 g/mol. The summed E-state index contributed by atoms with van der Waals surface area (Å²) >= 11 is 12.0. The van der Waals surface area contributed by atoms with Crippen LogP contribution in [0, 0.1) is 0 Å². The molecule has 0 aromatic heterocycles. The molecule has 0 saturated carbocycles. The highest BCUT2D eigenvalue weighted by atomic mass is 35.5. The van der Waals surface area contributed by atoms with Gasteiger partial charge in [-0.2, -0.15) is 0 Å². The maximum Gasteiger partial charge on any atom is 0.253 e. The van der Waals surface area contributed by atoms with Gasteiger partial charge in [-0.25, -0.2) is 0 Å². The van der Waals surface area contributed by atoms with Crippen molar-refractivity contribution < 1.29 is 9.53 Å². The highest BCUT2D eigenvalue weighted by Gasteiger charge is 2.20. The van der Waals surface area contributed by atoms with E-state index in [2.05, 4.69) is 0 Å². The van der Waals surface area contributed by atoms with Gasteiger partial charge in [-0.15, -0.1) is 0 Å². The van der Waals surface area contributed by atoms with E-state index in [0.29, 0.717) is 16.6 Å². The summed E-state index contributed by atoms with van der Waals surface area (Å²) in [7, 11) is 3.12. The first-order valence-corrected chi connectivity index (χ1v) is 6.17. The van der Waals surface area contributed by atoms with Gasteiger partial charge in [0.15, 0.2) is 0 Å². The maximum absolute atomic E-state index is 12.0. The molecule has 1 atom stereocenters. The van der Waals surface area contributed by atoms with Gasteiger partial charge < -0.3 is 15.4 Å². The number of benzene rings is 1. The van der Waals surface area contributed by atoms with Crippen LogP contribution in [0.4, 0.5) is 0 Å². The van der Waals surface area contributed by atoms with Crippen LogP contribution in [0.2, 0.25) is 10.0 Å². The molecule has 1 unspecified atom stereocenters. The number of rotatable bonds is 5. The standard InChI is InChI=1S/C12H16Cl2N2O2/c1-16(12(17)10(6-15)18-2)7-8-4-3-5-9(13)11(8)14/h3-5,10H,6-7,15H2,1-2H3. The minimum absolute atomic E-state index is 0.142. The molecule has 1 amide bonds. The molecule has 4 nitrogen and oxygen atoms in total. The van der Waals surface area contributed by atoms with Crippen molar-refractivity contribution in [1.82, 2.24) is 4.90 Å². The Morgan fingerprint density at radius 1 is 1.50 bits per heavy atom. The Kier molecular flexibility index (Phi) is 5.88. The first-order valence-electron chi connectivity index (χ1n) is 5.42. The summed E-state index contributed by atoms with van der Waals surface area (Å²) in [5.41, 5.74) is 6.23. The summed E-state index contributed by atoms with van der Waals surface area (Å²) in [6.07, 6.45) is -0.632. The maximum atomic E-state index is 12.0. The third-order valence-electron chi connectivity index (χ3n) is 2.59. The lowest BCUT2D eigenvalue weighted by molar-refractivity contribution is -0.140. The van der Waals surface area contributed by atoms with Crippen molar-refractivity contribution in [2.45, 2.75) is 12.6 Å². The van der Waals surface area contributed by atoms with Crippen LogP contribution < -0.4 is 5.73 Å². The zero-order chi connectivity index (χ0) is 13.7. The van der Waals surface area contributed by atoms with Crippen molar-refractivity contribution in [1.29, 1.82) is 0 Å². The molecule has 0 spiro atoms. The highest BCUT2D eigenvalue weighted by Crippen LogP contribution is 2.26. The van der Waals surface area contributed by atoms with Crippen LogP contribution in [0.15, 0.2) is 18.2 Å². The number of carbonyl (C=O) groups excluding carboxylic acids is 1. The minimum Gasteiger partial charge on any atom is -0.370 e. The third kappa shape index (κ3) is 3.59. The van der Waals surface area contributed by atoms with Gasteiger partial charge in [0.05, 0.1) is 10.0 Å². The Morgan fingerprint density at radius 2 is 2.17 bits per heavy atom. The van der Waals surface area contributed by atoms with Crippen molar-refractivity contribution in [2.75, 3.05) is 20.7 Å². The molecule has 0 aliphatic carbocycles. The predicted octanol–water partition coefficient (Wildman–Crippen LogP) is 1.93. The number of halogens is 2. The van der Waals surface area contributed by atoms with Gasteiger partial charge in [-0.1, -0.05) is 35.3 Å². The molecule has 100 valence electrons. The molecule has 0 saturated heterocycles. The molecule has 2 N–H and O–H groups in total. The monoisotopic (exact) mass is 290 g/mol. The molecule has 0 aliphatic rings. The normalized spacial score (nSPS) is 12.3. The summed E-state index contributed by atoms with van der Waals surface area (Å²) in [4.78, 5) is 13.5. The average Bonchev–Trinajstić information content (AvgIpc) is 2.36. The second-order valence-electron chi connectivity index (χ2n) is 3.87. The van der Waals surface area contributed by atoms with E-state index in [4.69, 9.17) is 33.7 Å². The lowest BCUT2D eigenvalue weighted by Gasteiger charge is -2.22. The van der Waals surface area contributed by atoms with Crippen LogP contribution in [-0.4, -0.2) is 37.6 Å². The van der Waals surface area contributed by atoms with E-state index in [0.717, 1.165) is 5.56 Å². The van der Waals surface area contributed by atoms with Crippen LogP contribution in [0.3, 0.4) is 0 Å². The van der Waals surface area contributed by atoms with Crippen molar-refractivity contribution >= 4 is 29.1 Å². The number of carbonyl (C=O) groups is 1. The number of amides is 1. The first-order chi connectivity index (χ1) is 8.51. The van der Waals surface area contributed by atoms with Crippen molar-refractivity contribution in [3.05, 3.63) is 33.8 Å². The Morgan fingerprint density at radius 3 is 2.72 bits per heavy atom. The zero-order valence-electron chi connectivity index (χ0n) is 10.3. The van der Waals surface area contributed by atoms with Gasteiger partial charge >= 0.3 is 0 Å². The van der Waals surface area contributed by atoms with E-state index in [1.54, 1.807) is 19.2 Å². The van der Waals surface area contributed by atoms with E-state index < -0.39 is 6.10 Å². The van der Waals surface area contributed by atoms with Crippen LogP contribution in [-0.2, 0) is 16.1 Å². The smallest absolute Gasteiger partial charge is 0.253 e. The fourth-order valence-corrected chi connectivity index (χ4v) is 1.93. The van der Waals surface area contributed by atoms with E-state index in [9.17, 15) is 4.79 Å². The molecule has 1 rings (SSSR count). The topological polar surface area (TPSA) is 55.6 Å². The van der Waals surface area contributed by atoms with Gasteiger partial charge in [0, 0.05) is 27.2 Å². The lowest BCUT2D eigenvalue weighted by atomic mass is 10.2. The molecule has 0 radical (unpaired) electrons. The number of hydrogen-bond donors (Lipinski definition) is 1. The SMILES string of the molecule is COC(CN)C(=O)N(C)Cc1cccc(Cl)c1Cl. The number of likely N-dealkylation sites (N-methyl/N-ethyl adjacent to an activating group) is 1. The molecule has 6 heteroatoms. The number of nitrogens with two attached hydrogens (primary N) is 1. The van der Waals surface area contributed by atoms with E-state index in [1.165, 1.54) is 12.0 Å². The molecule has 0 heterocycles. The molecule has 1 aromatic rings. The quantitative estimate of drug-likeness (QED) is 0.901. The first kappa shape index (κ1) is 15.2. The van der Waals surface area contributed by atoms with E-state index in [1.807, 2.05) is 6.07 Å². The van der Waals surface area contributed by atoms with Gasteiger partial charge in [0.25, 0.3) is 5.91 Å². The van der Waals surface area contributed by atoms with Crippen molar-refractivity contribution in [3.8, 4) is 0 Å². The Labute approximate surface area is 117 Å². The number of nitrogens with zero attached hydrogens (tertiary/aromatic N) is 1. The minimum atomic E-state index is -0.632. The predicted molar refractivity (Wildman–Crippen MR) is 72.8 cm³/mol.